The second kappa shape index (κ2) is 12.4. The van der Waals surface area contributed by atoms with Gasteiger partial charge < -0.3 is 24.7 Å². The number of benzene rings is 4. The Hall–Kier alpha value is -4.71. The summed E-state index contributed by atoms with van der Waals surface area (Å²) >= 11 is 12.2. The van der Waals surface area contributed by atoms with Crippen LogP contribution < -0.4 is 24.7 Å². The first-order chi connectivity index (χ1) is 20.2. The Morgan fingerprint density at radius 1 is 1.00 bits per heavy atom. The zero-order valence-electron chi connectivity index (χ0n) is 22.1. The number of carbonyl (C=O) groups excluding carboxylic acids is 1. The molecule has 42 heavy (non-hydrogen) atoms. The molecule has 0 bridgehead atoms. The van der Waals surface area contributed by atoms with Crippen molar-refractivity contribution in [3.8, 4) is 29.1 Å². The summed E-state index contributed by atoms with van der Waals surface area (Å²) in [6.45, 7) is 1.77. The van der Waals surface area contributed by atoms with E-state index in [1.807, 2.05) is 12.1 Å². The first-order valence-corrected chi connectivity index (χ1v) is 13.5. The van der Waals surface area contributed by atoms with Crippen molar-refractivity contribution in [3.63, 3.8) is 0 Å². The van der Waals surface area contributed by atoms with Crippen LogP contribution in [0.5, 0.6) is 23.0 Å². The molecule has 0 saturated heterocycles. The lowest BCUT2D eigenvalue weighted by atomic mass is 9.83. The van der Waals surface area contributed by atoms with Crippen molar-refractivity contribution in [2.75, 3.05) is 0 Å². The van der Waals surface area contributed by atoms with E-state index in [-0.39, 0.29) is 23.8 Å². The van der Waals surface area contributed by atoms with Crippen molar-refractivity contribution < 1.29 is 28.1 Å². The first kappa shape index (κ1) is 28.8. The molecule has 2 unspecified atom stereocenters. The highest BCUT2D eigenvalue weighted by molar-refractivity contribution is 6.35. The second-order valence-electron chi connectivity index (χ2n) is 9.35. The van der Waals surface area contributed by atoms with E-state index < -0.39 is 23.8 Å². The summed E-state index contributed by atoms with van der Waals surface area (Å²) in [7, 11) is 0. The molecule has 0 radical (unpaired) electrons. The van der Waals surface area contributed by atoms with Gasteiger partial charge in [-0.1, -0.05) is 47.5 Å². The van der Waals surface area contributed by atoms with Gasteiger partial charge in [-0.25, -0.2) is 9.18 Å². The molecule has 10 heteroatoms. The van der Waals surface area contributed by atoms with Crippen molar-refractivity contribution in [1.82, 2.24) is 0 Å². The van der Waals surface area contributed by atoms with Gasteiger partial charge in [0.25, 0.3) is 0 Å². The molecule has 0 aliphatic carbocycles. The molecular formula is C32H23Cl2FN2O5. The number of ether oxygens (including phenoxy) is 4. The highest BCUT2D eigenvalue weighted by atomic mass is 35.5. The Bertz CT molecular complexity index is 1700. The minimum absolute atomic E-state index is 0.0517. The summed E-state index contributed by atoms with van der Waals surface area (Å²) < 4.78 is 35.8. The number of hydrogen-bond donors (Lipinski definition) is 1. The van der Waals surface area contributed by atoms with Gasteiger partial charge in [-0.2, -0.15) is 5.26 Å². The van der Waals surface area contributed by atoms with E-state index in [9.17, 15) is 14.4 Å². The molecule has 1 heterocycles. The molecule has 0 aromatic heterocycles. The molecule has 1 aliphatic rings. The van der Waals surface area contributed by atoms with Gasteiger partial charge in [-0.3, -0.25) is 0 Å². The molecule has 2 N–H and O–H groups in total. The number of carbonyl (C=O) groups is 1. The third-order valence-corrected chi connectivity index (χ3v) is 7.08. The topological polar surface area (TPSA) is 104 Å². The van der Waals surface area contributed by atoms with Crippen LogP contribution in [0.4, 0.5) is 4.39 Å². The van der Waals surface area contributed by atoms with Crippen LogP contribution in [0.2, 0.25) is 10.0 Å². The Morgan fingerprint density at radius 3 is 2.38 bits per heavy atom. The predicted octanol–water partition coefficient (Wildman–Crippen LogP) is 7.30. The van der Waals surface area contributed by atoms with Crippen LogP contribution in [0.25, 0.3) is 0 Å². The molecule has 212 valence electrons. The highest BCUT2D eigenvalue weighted by Crippen LogP contribution is 2.43. The molecule has 7 nitrogen and oxygen atoms in total. The maximum atomic E-state index is 13.1. The standard InChI is InChI=1S/C32H23Cl2FN2O5/c1-18(40-24-10-6-22(35)7-11-24)32(38)41-25-12-13-26-29(15-25)42-31(37)27(16-36)30(26)19-3-8-23(9-4-19)39-17-20-2-5-21(33)14-28(20)34/h2-15,18,30H,17,37H2,1H3. The fourth-order valence-corrected chi connectivity index (χ4v) is 4.83. The number of fused-ring (bicyclic) bond motifs is 1. The third-order valence-electron chi connectivity index (χ3n) is 6.49. The van der Waals surface area contributed by atoms with E-state index >= 15 is 0 Å². The average Bonchev–Trinajstić information content (AvgIpc) is 2.97. The monoisotopic (exact) mass is 604 g/mol. The fraction of sp³-hybridized carbons (Fsp3) is 0.125. The van der Waals surface area contributed by atoms with Crippen LogP contribution in [-0.2, 0) is 11.4 Å². The van der Waals surface area contributed by atoms with Crippen molar-refractivity contribution in [2.24, 2.45) is 5.73 Å². The van der Waals surface area contributed by atoms with Crippen LogP contribution in [0.3, 0.4) is 0 Å². The van der Waals surface area contributed by atoms with Crippen LogP contribution in [0.1, 0.15) is 29.5 Å². The zero-order valence-corrected chi connectivity index (χ0v) is 23.7. The quantitative estimate of drug-likeness (QED) is 0.166. The molecule has 4 aromatic carbocycles. The van der Waals surface area contributed by atoms with Gasteiger partial charge in [-0.05, 0) is 67.1 Å². The Kier molecular flexibility index (Phi) is 8.53. The molecule has 0 saturated carbocycles. The van der Waals surface area contributed by atoms with E-state index in [4.69, 9.17) is 47.9 Å². The fourth-order valence-electron chi connectivity index (χ4n) is 4.36. The summed E-state index contributed by atoms with van der Waals surface area (Å²) in [5, 5.41) is 10.9. The van der Waals surface area contributed by atoms with E-state index in [2.05, 4.69) is 6.07 Å². The molecular weight excluding hydrogens is 582 g/mol. The second-order valence-corrected chi connectivity index (χ2v) is 10.2. The smallest absolute Gasteiger partial charge is 0.352 e. The molecule has 0 fully saturated rings. The lowest BCUT2D eigenvalue weighted by Crippen LogP contribution is -2.28. The summed E-state index contributed by atoms with van der Waals surface area (Å²) in [6, 6.07) is 24.7. The van der Waals surface area contributed by atoms with E-state index in [1.165, 1.54) is 37.3 Å². The molecule has 4 aromatic rings. The Morgan fingerprint density at radius 2 is 1.69 bits per heavy atom. The molecule has 0 amide bonds. The number of nitriles is 1. The van der Waals surface area contributed by atoms with Gasteiger partial charge in [0.05, 0.1) is 5.92 Å². The van der Waals surface area contributed by atoms with Crippen LogP contribution in [-0.4, -0.2) is 12.1 Å². The maximum absolute atomic E-state index is 13.1. The highest BCUT2D eigenvalue weighted by Gasteiger charge is 2.31. The van der Waals surface area contributed by atoms with Gasteiger partial charge >= 0.3 is 5.97 Å². The molecule has 5 rings (SSSR count). The summed E-state index contributed by atoms with van der Waals surface area (Å²) in [5.41, 5.74) is 8.61. The molecule has 2 atom stereocenters. The van der Waals surface area contributed by atoms with Crippen molar-refractivity contribution >= 4 is 29.2 Å². The van der Waals surface area contributed by atoms with Gasteiger partial charge in [-0.15, -0.1) is 0 Å². The Balaban J connectivity index is 1.32. The van der Waals surface area contributed by atoms with E-state index in [1.54, 1.807) is 42.5 Å². The number of halogens is 3. The lowest BCUT2D eigenvalue weighted by Gasteiger charge is -2.27. The van der Waals surface area contributed by atoms with Crippen molar-refractivity contribution in [1.29, 1.82) is 5.26 Å². The van der Waals surface area contributed by atoms with E-state index in [0.717, 1.165) is 11.1 Å². The van der Waals surface area contributed by atoms with Crippen molar-refractivity contribution in [3.05, 3.63) is 129 Å². The molecule has 0 spiro atoms. The predicted molar refractivity (Wildman–Crippen MR) is 155 cm³/mol. The SMILES string of the molecule is CC(Oc1ccc(F)cc1)C(=O)Oc1ccc2c(c1)OC(N)=C(C#N)C2c1ccc(OCc2ccc(Cl)cc2Cl)cc1. The van der Waals surface area contributed by atoms with Gasteiger partial charge in [0, 0.05) is 27.2 Å². The largest absolute Gasteiger partial charge is 0.489 e. The normalized spacial score (nSPS) is 14.7. The zero-order chi connectivity index (χ0) is 29.8. The van der Waals surface area contributed by atoms with Gasteiger partial charge in [0.15, 0.2) is 6.10 Å². The number of nitrogens with zero attached hydrogens (tertiary/aromatic N) is 1. The number of nitrogens with two attached hydrogens (primary N) is 1. The minimum Gasteiger partial charge on any atom is -0.489 e. The van der Waals surface area contributed by atoms with E-state index in [0.29, 0.717) is 32.9 Å². The van der Waals surface area contributed by atoms with Gasteiger partial charge in [0.1, 0.15) is 47.1 Å². The number of rotatable bonds is 8. The summed E-state index contributed by atoms with van der Waals surface area (Å²) in [5.74, 6) is -0.189. The summed E-state index contributed by atoms with van der Waals surface area (Å²) in [4.78, 5) is 12.6. The van der Waals surface area contributed by atoms with Crippen LogP contribution >= 0.6 is 23.2 Å². The number of hydrogen-bond acceptors (Lipinski definition) is 7. The average molecular weight is 605 g/mol. The number of esters is 1. The van der Waals surface area contributed by atoms with Gasteiger partial charge in [0.2, 0.25) is 5.88 Å². The Labute approximate surface area is 251 Å². The first-order valence-electron chi connectivity index (χ1n) is 12.7. The van der Waals surface area contributed by atoms with Crippen LogP contribution in [0, 0.1) is 17.1 Å². The maximum Gasteiger partial charge on any atom is 0.352 e. The van der Waals surface area contributed by atoms with Crippen LogP contribution in [0.15, 0.2) is 96.4 Å². The lowest BCUT2D eigenvalue weighted by molar-refractivity contribution is -0.141. The minimum atomic E-state index is -0.966. The molecule has 1 aliphatic heterocycles. The summed E-state index contributed by atoms with van der Waals surface area (Å²) in [6.07, 6.45) is -0.966. The third kappa shape index (κ3) is 6.44. The number of allylic oxidation sites excluding steroid dienone is 1. The van der Waals surface area contributed by atoms with Crippen molar-refractivity contribution in [2.45, 2.75) is 25.6 Å².